The number of carbonyl (C=O) groups excluding carboxylic acids is 1. The maximum atomic E-state index is 11.5. The van der Waals surface area contributed by atoms with Gasteiger partial charge in [-0.2, -0.15) is 5.10 Å². The van der Waals surface area contributed by atoms with Crippen molar-refractivity contribution in [3.63, 3.8) is 0 Å². The Hall–Kier alpha value is -2.66. The summed E-state index contributed by atoms with van der Waals surface area (Å²) in [5.74, 6) is -0.465. The summed E-state index contributed by atoms with van der Waals surface area (Å²) in [6.45, 7) is 0. The van der Waals surface area contributed by atoms with Crippen LogP contribution in [0.15, 0.2) is 54.6 Å². The summed E-state index contributed by atoms with van der Waals surface area (Å²) in [6, 6.07) is 17.2. The Bertz CT molecular complexity index is 750. The van der Waals surface area contributed by atoms with Gasteiger partial charge in [0.2, 0.25) is 5.91 Å². The largest absolute Gasteiger partial charge is 0.289 e. The maximum absolute atomic E-state index is 11.5. The second-order valence-corrected chi connectivity index (χ2v) is 4.42. The number of carbonyl (C=O) groups is 1. The molecule has 5 heteroatoms. The highest BCUT2D eigenvalue weighted by molar-refractivity contribution is 5.87. The molecule has 1 amide bonds. The van der Waals surface area contributed by atoms with E-state index >= 15 is 0 Å². The van der Waals surface area contributed by atoms with Crippen molar-refractivity contribution in [2.75, 3.05) is 0 Å². The third-order valence-electron chi connectivity index (χ3n) is 3.13. The van der Waals surface area contributed by atoms with Gasteiger partial charge in [-0.05, 0) is 18.2 Å². The first kappa shape index (κ1) is 12.4. The molecule has 0 aliphatic carbocycles. The molecular formula is C15H13N3O2. The molecule has 0 saturated carbocycles. The van der Waals surface area contributed by atoms with Gasteiger partial charge in [0.25, 0.3) is 0 Å². The van der Waals surface area contributed by atoms with Gasteiger partial charge in [0, 0.05) is 5.39 Å². The molecule has 1 heterocycles. The van der Waals surface area contributed by atoms with Crippen molar-refractivity contribution in [3.8, 4) is 5.69 Å². The maximum Gasteiger partial charge on any atom is 0.249 e. The van der Waals surface area contributed by atoms with Crippen LogP contribution in [0.3, 0.4) is 0 Å². The molecule has 1 aromatic heterocycles. The van der Waals surface area contributed by atoms with Crippen molar-refractivity contribution in [2.24, 2.45) is 0 Å². The molecule has 100 valence electrons. The van der Waals surface area contributed by atoms with Crippen LogP contribution in [0.4, 0.5) is 0 Å². The summed E-state index contributed by atoms with van der Waals surface area (Å²) in [5.41, 5.74) is 4.11. The van der Waals surface area contributed by atoms with Crippen molar-refractivity contribution < 1.29 is 10.0 Å². The zero-order valence-corrected chi connectivity index (χ0v) is 10.7. The van der Waals surface area contributed by atoms with Gasteiger partial charge in [0.05, 0.1) is 23.3 Å². The Morgan fingerprint density at radius 2 is 1.80 bits per heavy atom. The van der Waals surface area contributed by atoms with Gasteiger partial charge in [0.15, 0.2) is 0 Å². The molecule has 0 bridgehead atoms. The number of para-hydroxylation sites is 1. The highest BCUT2D eigenvalue weighted by atomic mass is 16.5. The number of hydrogen-bond acceptors (Lipinski definition) is 3. The average Bonchev–Trinajstić information content (AvgIpc) is 2.87. The minimum Gasteiger partial charge on any atom is -0.289 e. The Labute approximate surface area is 115 Å². The van der Waals surface area contributed by atoms with E-state index < -0.39 is 5.91 Å². The number of aromatic nitrogens is 2. The Morgan fingerprint density at radius 1 is 1.10 bits per heavy atom. The number of hydroxylamine groups is 1. The molecular weight excluding hydrogens is 254 g/mol. The van der Waals surface area contributed by atoms with E-state index in [4.69, 9.17) is 5.21 Å². The van der Waals surface area contributed by atoms with Crippen LogP contribution in [-0.2, 0) is 11.2 Å². The van der Waals surface area contributed by atoms with Crippen molar-refractivity contribution in [1.29, 1.82) is 0 Å². The van der Waals surface area contributed by atoms with Crippen LogP contribution in [0.5, 0.6) is 0 Å². The van der Waals surface area contributed by atoms with E-state index in [2.05, 4.69) is 5.10 Å². The first-order valence-corrected chi connectivity index (χ1v) is 6.24. The van der Waals surface area contributed by atoms with Gasteiger partial charge in [0.1, 0.15) is 0 Å². The summed E-state index contributed by atoms with van der Waals surface area (Å²) in [6.07, 6.45) is 0.0614. The van der Waals surface area contributed by atoms with Gasteiger partial charge >= 0.3 is 0 Å². The zero-order valence-electron chi connectivity index (χ0n) is 10.7. The Kier molecular flexibility index (Phi) is 3.18. The Balaban J connectivity index is 2.20. The molecule has 2 N–H and O–H groups in total. The van der Waals surface area contributed by atoms with Gasteiger partial charge in [-0.3, -0.25) is 10.0 Å². The second-order valence-electron chi connectivity index (χ2n) is 4.42. The molecule has 0 saturated heterocycles. The van der Waals surface area contributed by atoms with Gasteiger partial charge in [-0.25, -0.2) is 10.2 Å². The second kappa shape index (κ2) is 5.14. The van der Waals surface area contributed by atoms with Crippen LogP contribution in [0.1, 0.15) is 5.69 Å². The standard InChI is InChI=1S/C15H13N3O2/c19-15(17-20)10-14-12-8-4-5-9-13(12)16-18(14)11-6-2-1-3-7-11/h1-9,20H,10H2,(H,17,19). The van der Waals surface area contributed by atoms with Crippen molar-refractivity contribution in [2.45, 2.75) is 6.42 Å². The first-order valence-electron chi connectivity index (χ1n) is 6.24. The highest BCUT2D eigenvalue weighted by Gasteiger charge is 2.15. The Morgan fingerprint density at radius 3 is 2.55 bits per heavy atom. The number of fused-ring (bicyclic) bond motifs is 1. The van der Waals surface area contributed by atoms with Gasteiger partial charge in [-0.15, -0.1) is 0 Å². The molecule has 3 rings (SSSR count). The van der Waals surface area contributed by atoms with E-state index in [-0.39, 0.29) is 6.42 Å². The van der Waals surface area contributed by atoms with Crippen molar-refractivity contribution >= 4 is 16.8 Å². The fourth-order valence-corrected chi connectivity index (χ4v) is 2.23. The monoisotopic (exact) mass is 267 g/mol. The van der Waals surface area contributed by atoms with Crippen LogP contribution in [-0.4, -0.2) is 20.9 Å². The molecule has 5 nitrogen and oxygen atoms in total. The molecule has 0 aliphatic rings. The summed E-state index contributed by atoms with van der Waals surface area (Å²) in [4.78, 5) is 11.5. The van der Waals surface area contributed by atoms with E-state index in [1.165, 1.54) is 0 Å². The number of nitrogens with zero attached hydrogens (tertiary/aromatic N) is 2. The van der Waals surface area contributed by atoms with Crippen LogP contribution in [0.2, 0.25) is 0 Å². The topological polar surface area (TPSA) is 67.2 Å². The minimum absolute atomic E-state index is 0.0614. The van der Waals surface area contributed by atoms with Crippen molar-refractivity contribution in [1.82, 2.24) is 15.3 Å². The van der Waals surface area contributed by atoms with Crippen LogP contribution >= 0.6 is 0 Å². The molecule has 0 atom stereocenters. The summed E-state index contributed by atoms with van der Waals surface area (Å²) in [7, 11) is 0. The third-order valence-corrected chi connectivity index (χ3v) is 3.13. The number of amides is 1. The number of benzene rings is 2. The van der Waals surface area contributed by atoms with E-state index in [0.717, 1.165) is 22.3 Å². The fraction of sp³-hybridized carbons (Fsp3) is 0.0667. The molecule has 0 radical (unpaired) electrons. The van der Waals surface area contributed by atoms with Crippen LogP contribution < -0.4 is 5.48 Å². The predicted octanol–water partition coefficient (Wildman–Crippen LogP) is 2.07. The van der Waals surface area contributed by atoms with E-state index in [9.17, 15) is 4.79 Å². The van der Waals surface area contributed by atoms with Gasteiger partial charge in [-0.1, -0.05) is 36.4 Å². The third kappa shape index (κ3) is 2.15. The SMILES string of the molecule is O=C(Cc1c2ccccc2nn1-c1ccccc1)NO. The van der Waals surface area contributed by atoms with Crippen LogP contribution in [0.25, 0.3) is 16.6 Å². The van der Waals surface area contributed by atoms with Crippen LogP contribution in [0, 0.1) is 0 Å². The normalized spacial score (nSPS) is 10.7. The zero-order chi connectivity index (χ0) is 13.9. The van der Waals surface area contributed by atoms with E-state index in [1.54, 1.807) is 10.2 Å². The highest BCUT2D eigenvalue weighted by Crippen LogP contribution is 2.22. The van der Waals surface area contributed by atoms with E-state index in [0.29, 0.717) is 0 Å². The summed E-state index contributed by atoms with van der Waals surface area (Å²) < 4.78 is 1.74. The first-order chi connectivity index (χ1) is 9.79. The molecule has 0 aliphatic heterocycles. The average molecular weight is 267 g/mol. The minimum atomic E-state index is -0.465. The number of rotatable bonds is 3. The molecule has 0 spiro atoms. The molecule has 3 aromatic rings. The quantitative estimate of drug-likeness (QED) is 0.564. The lowest BCUT2D eigenvalue weighted by molar-refractivity contribution is -0.128. The molecule has 0 unspecified atom stereocenters. The summed E-state index contributed by atoms with van der Waals surface area (Å²) >= 11 is 0. The molecule has 2 aromatic carbocycles. The van der Waals surface area contributed by atoms with E-state index in [1.807, 2.05) is 54.6 Å². The fourth-order valence-electron chi connectivity index (χ4n) is 2.23. The van der Waals surface area contributed by atoms with Gasteiger partial charge < -0.3 is 0 Å². The smallest absolute Gasteiger partial charge is 0.249 e. The lowest BCUT2D eigenvalue weighted by Gasteiger charge is -2.06. The lowest BCUT2D eigenvalue weighted by Crippen LogP contribution is -2.22. The predicted molar refractivity (Wildman–Crippen MR) is 74.7 cm³/mol. The summed E-state index contributed by atoms with van der Waals surface area (Å²) in [5, 5.41) is 14.2. The van der Waals surface area contributed by atoms with Crippen molar-refractivity contribution in [3.05, 3.63) is 60.3 Å². The number of hydrogen-bond donors (Lipinski definition) is 2. The molecule has 20 heavy (non-hydrogen) atoms. The molecule has 0 fully saturated rings. The number of nitrogens with one attached hydrogen (secondary N) is 1. The lowest BCUT2D eigenvalue weighted by atomic mass is 10.1.